The summed E-state index contributed by atoms with van der Waals surface area (Å²) in [5.41, 5.74) is 0.911. The molecule has 0 saturated carbocycles. The van der Waals surface area contributed by atoms with Gasteiger partial charge in [0, 0.05) is 29.8 Å². The van der Waals surface area contributed by atoms with Gasteiger partial charge in [-0.05, 0) is 25.5 Å². The van der Waals surface area contributed by atoms with E-state index in [9.17, 15) is 4.79 Å². The fourth-order valence-corrected chi connectivity index (χ4v) is 3.13. The Kier molecular flexibility index (Phi) is 4.47. The highest BCUT2D eigenvalue weighted by atomic mass is 32.2. The van der Waals surface area contributed by atoms with Gasteiger partial charge in [0.15, 0.2) is 0 Å². The van der Waals surface area contributed by atoms with Gasteiger partial charge in [-0.1, -0.05) is 13.0 Å². The van der Waals surface area contributed by atoms with Crippen molar-refractivity contribution in [2.24, 2.45) is 0 Å². The molecule has 0 unspecified atom stereocenters. The van der Waals surface area contributed by atoms with Crippen molar-refractivity contribution >= 4 is 23.6 Å². The number of nitrogens with one attached hydrogen (secondary N) is 1. The number of carbonyl (C=O) groups is 1. The summed E-state index contributed by atoms with van der Waals surface area (Å²) in [6, 6.07) is 5.60. The van der Waals surface area contributed by atoms with Gasteiger partial charge in [-0.15, -0.1) is 0 Å². The van der Waals surface area contributed by atoms with Crippen molar-refractivity contribution in [2.45, 2.75) is 25.5 Å². The van der Waals surface area contributed by atoms with Crippen molar-refractivity contribution in [3.8, 4) is 0 Å². The van der Waals surface area contributed by atoms with Gasteiger partial charge in [-0.3, -0.25) is 5.32 Å². The first-order chi connectivity index (χ1) is 8.69. The van der Waals surface area contributed by atoms with Crippen LogP contribution in [0.4, 0.5) is 10.6 Å². The summed E-state index contributed by atoms with van der Waals surface area (Å²) in [7, 11) is 0. The average molecular weight is 265 g/mol. The SMILES string of the molecule is CC[C@H]1CN(C(=O)Nc2cccc(C)n2)CCS1. The van der Waals surface area contributed by atoms with E-state index >= 15 is 0 Å². The maximum absolute atomic E-state index is 12.1. The molecule has 18 heavy (non-hydrogen) atoms. The molecule has 0 aromatic carbocycles. The molecule has 4 nitrogen and oxygen atoms in total. The van der Waals surface area contributed by atoms with Crippen LogP contribution >= 0.6 is 11.8 Å². The van der Waals surface area contributed by atoms with Gasteiger partial charge in [-0.25, -0.2) is 9.78 Å². The lowest BCUT2D eigenvalue weighted by Crippen LogP contribution is -2.44. The Bertz CT molecular complexity index is 424. The molecule has 98 valence electrons. The van der Waals surface area contributed by atoms with E-state index in [2.05, 4.69) is 17.2 Å². The molecule has 1 saturated heterocycles. The number of urea groups is 1. The van der Waals surface area contributed by atoms with E-state index in [0.29, 0.717) is 11.1 Å². The molecular weight excluding hydrogens is 246 g/mol. The van der Waals surface area contributed by atoms with Crippen LogP contribution in [-0.2, 0) is 0 Å². The van der Waals surface area contributed by atoms with Crippen molar-refractivity contribution in [3.05, 3.63) is 23.9 Å². The van der Waals surface area contributed by atoms with Crippen LogP contribution in [0.25, 0.3) is 0 Å². The van der Waals surface area contributed by atoms with E-state index in [-0.39, 0.29) is 6.03 Å². The van der Waals surface area contributed by atoms with Gasteiger partial charge in [0.2, 0.25) is 0 Å². The van der Waals surface area contributed by atoms with E-state index in [1.807, 2.05) is 41.8 Å². The number of nitrogens with zero attached hydrogens (tertiary/aromatic N) is 2. The Morgan fingerprint density at radius 2 is 2.44 bits per heavy atom. The van der Waals surface area contributed by atoms with Crippen molar-refractivity contribution < 1.29 is 4.79 Å². The highest BCUT2D eigenvalue weighted by Crippen LogP contribution is 2.21. The monoisotopic (exact) mass is 265 g/mol. The number of hydrogen-bond acceptors (Lipinski definition) is 3. The molecular formula is C13H19N3OS. The summed E-state index contributed by atoms with van der Waals surface area (Å²) in [5, 5.41) is 3.43. The van der Waals surface area contributed by atoms with E-state index in [0.717, 1.165) is 31.0 Å². The number of rotatable bonds is 2. The van der Waals surface area contributed by atoms with Crippen LogP contribution in [0.2, 0.25) is 0 Å². The van der Waals surface area contributed by atoms with Gasteiger partial charge in [-0.2, -0.15) is 11.8 Å². The maximum atomic E-state index is 12.1. The first-order valence-corrected chi connectivity index (χ1v) is 7.35. The molecule has 0 radical (unpaired) electrons. The molecule has 0 spiro atoms. The van der Waals surface area contributed by atoms with Crippen LogP contribution < -0.4 is 5.32 Å². The first-order valence-electron chi connectivity index (χ1n) is 6.30. The average Bonchev–Trinajstić information content (AvgIpc) is 2.39. The smallest absolute Gasteiger partial charge is 0.323 e. The lowest BCUT2D eigenvalue weighted by Gasteiger charge is -2.31. The largest absolute Gasteiger partial charge is 0.323 e. The van der Waals surface area contributed by atoms with Gasteiger partial charge in [0.1, 0.15) is 5.82 Å². The van der Waals surface area contributed by atoms with E-state index in [4.69, 9.17) is 0 Å². The summed E-state index contributed by atoms with van der Waals surface area (Å²) < 4.78 is 0. The molecule has 1 aliphatic rings. The third kappa shape index (κ3) is 3.38. The molecule has 1 fully saturated rings. The minimum Gasteiger partial charge on any atom is -0.323 e. The lowest BCUT2D eigenvalue weighted by atomic mass is 10.3. The quantitative estimate of drug-likeness (QED) is 0.894. The third-order valence-corrected chi connectivity index (χ3v) is 4.38. The second-order valence-electron chi connectivity index (χ2n) is 4.44. The van der Waals surface area contributed by atoms with Crippen LogP contribution in [0.1, 0.15) is 19.0 Å². The maximum Gasteiger partial charge on any atom is 0.323 e. The van der Waals surface area contributed by atoms with Crippen LogP contribution in [0.15, 0.2) is 18.2 Å². The first kappa shape index (κ1) is 13.2. The number of amides is 2. The van der Waals surface area contributed by atoms with E-state index in [1.54, 1.807) is 0 Å². The third-order valence-electron chi connectivity index (χ3n) is 3.00. The number of aromatic nitrogens is 1. The standard InChI is InChI=1S/C13H19N3OS/c1-3-11-9-16(7-8-18-11)13(17)15-12-6-4-5-10(2)14-12/h4-6,11H,3,7-9H2,1-2H3,(H,14,15,17)/t11-/m0/s1. The van der Waals surface area contributed by atoms with Crippen LogP contribution in [0.3, 0.4) is 0 Å². The molecule has 0 bridgehead atoms. The highest BCUT2D eigenvalue weighted by Gasteiger charge is 2.23. The molecule has 2 amide bonds. The zero-order valence-corrected chi connectivity index (χ0v) is 11.7. The summed E-state index contributed by atoms with van der Waals surface area (Å²) in [6.07, 6.45) is 1.11. The van der Waals surface area contributed by atoms with E-state index in [1.165, 1.54) is 0 Å². The zero-order valence-electron chi connectivity index (χ0n) is 10.8. The van der Waals surface area contributed by atoms with Crippen molar-refractivity contribution in [3.63, 3.8) is 0 Å². The van der Waals surface area contributed by atoms with Gasteiger partial charge < -0.3 is 4.90 Å². The van der Waals surface area contributed by atoms with Gasteiger partial charge in [0.25, 0.3) is 0 Å². The van der Waals surface area contributed by atoms with Gasteiger partial charge in [0.05, 0.1) is 0 Å². The molecule has 2 heterocycles. The fourth-order valence-electron chi connectivity index (χ4n) is 1.95. The topological polar surface area (TPSA) is 45.2 Å². The fraction of sp³-hybridized carbons (Fsp3) is 0.538. The minimum absolute atomic E-state index is 0.0353. The Hall–Kier alpha value is -1.23. The van der Waals surface area contributed by atoms with Crippen molar-refractivity contribution in [2.75, 3.05) is 24.2 Å². The molecule has 2 rings (SSSR count). The van der Waals surface area contributed by atoms with Crippen LogP contribution in [-0.4, -0.2) is 40.0 Å². The number of pyridine rings is 1. The zero-order chi connectivity index (χ0) is 13.0. The Labute approximate surface area is 112 Å². The number of carbonyl (C=O) groups excluding carboxylic acids is 1. The predicted octanol–water partition coefficient (Wildman–Crippen LogP) is 2.75. The second-order valence-corrected chi connectivity index (χ2v) is 5.85. The molecule has 1 aromatic heterocycles. The molecule has 1 atom stereocenters. The molecule has 1 aromatic rings. The summed E-state index contributed by atoms with van der Waals surface area (Å²) >= 11 is 1.96. The second kappa shape index (κ2) is 6.09. The van der Waals surface area contributed by atoms with E-state index < -0.39 is 0 Å². The van der Waals surface area contributed by atoms with Gasteiger partial charge >= 0.3 is 6.03 Å². The predicted molar refractivity (Wildman–Crippen MR) is 76.1 cm³/mol. The molecule has 0 aliphatic carbocycles. The number of thioether (sulfide) groups is 1. The highest BCUT2D eigenvalue weighted by molar-refractivity contribution is 8.00. The molecule has 1 aliphatic heterocycles. The van der Waals surface area contributed by atoms with Crippen LogP contribution in [0, 0.1) is 6.92 Å². The Balaban J connectivity index is 1.95. The number of hydrogen-bond donors (Lipinski definition) is 1. The molecule has 5 heteroatoms. The lowest BCUT2D eigenvalue weighted by molar-refractivity contribution is 0.213. The normalized spacial score (nSPS) is 19.7. The minimum atomic E-state index is -0.0353. The molecule has 1 N–H and O–H groups in total. The summed E-state index contributed by atoms with van der Waals surface area (Å²) in [5.74, 6) is 1.65. The van der Waals surface area contributed by atoms with Crippen LogP contribution in [0.5, 0.6) is 0 Å². The Morgan fingerprint density at radius 1 is 1.61 bits per heavy atom. The number of aryl methyl sites for hydroxylation is 1. The summed E-state index contributed by atoms with van der Waals surface area (Å²) in [6.45, 7) is 5.74. The summed E-state index contributed by atoms with van der Waals surface area (Å²) in [4.78, 5) is 18.3. The van der Waals surface area contributed by atoms with Crippen molar-refractivity contribution in [1.82, 2.24) is 9.88 Å². The van der Waals surface area contributed by atoms with Crippen molar-refractivity contribution in [1.29, 1.82) is 0 Å². The Morgan fingerprint density at radius 3 is 3.17 bits per heavy atom. The number of anilines is 1.